The third-order valence-corrected chi connectivity index (χ3v) is 6.63. The van der Waals surface area contributed by atoms with Crippen LogP contribution in [0.15, 0.2) is 82.4 Å². The van der Waals surface area contributed by atoms with Crippen LogP contribution in [0.2, 0.25) is 0 Å². The quantitative estimate of drug-likeness (QED) is 0.281. The molecular weight excluding hydrogens is 498 g/mol. The van der Waals surface area contributed by atoms with Gasteiger partial charge in [-0.05, 0) is 61.4 Å². The minimum Gasteiger partial charge on any atom is -0.331 e. The second-order valence-electron chi connectivity index (χ2n) is 7.60. The predicted octanol–water partition coefficient (Wildman–Crippen LogP) is 6.26. The van der Waals surface area contributed by atoms with Crippen LogP contribution in [0.25, 0.3) is 5.69 Å². The fraction of sp³-hybridized carbons (Fsp3) is 0.160. The maximum absolute atomic E-state index is 12.4. The van der Waals surface area contributed by atoms with Crippen LogP contribution in [-0.2, 0) is 12.3 Å². The Hall–Kier alpha value is -3.10. The first-order chi connectivity index (χ1) is 16.0. The normalized spacial score (nSPS) is 10.8. The van der Waals surface area contributed by atoms with Gasteiger partial charge in [0.05, 0.1) is 6.54 Å². The average Bonchev–Trinajstić information content (AvgIpc) is 3.22. The molecule has 0 saturated carbocycles. The summed E-state index contributed by atoms with van der Waals surface area (Å²) >= 11 is 5.02. The van der Waals surface area contributed by atoms with E-state index in [0.717, 1.165) is 21.1 Å². The Bertz CT molecular complexity index is 1240. The molecule has 0 unspecified atom stereocenters. The van der Waals surface area contributed by atoms with Crippen molar-refractivity contribution < 1.29 is 4.79 Å². The number of carbonyl (C=O) groups excluding carboxylic acids is 1. The number of hydrogen-bond donors (Lipinski definition) is 2. The molecule has 1 heterocycles. The molecule has 0 radical (unpaired) electrons. The number of rotatable bonds is 7. The molecule has 33 heavy (non-hydrogen) atoms. The monoisotopic (exact) mass is 521 g/mol. The zero-order valence-electron chi connectivity index (χ0n) is 18.4. The van der Waals surface area contributed by atoms with Gasteiger partial charge < -0.3 is 10.6 Å². The molecular formula is C25H24BrN5OS. The first-order valence-electron chi connectivity index (χ1n) is 10.5. The summed E-state index contributed by atoms with van der Waals surface area (Å²) in [5.41, 5.74) is 5.36. The summed E-state index contributed by atoms with van der Waals surface area (Å²) in [6, 6.07) is 23.7. The van der Waals surface area contributed by atoms with Gasteiger partial charge in [-0.1, -0.05) is 69.7 Å². The highest BCUT2D eigenvalue weighted by atomic mass is 79.9. The molecule has 0 atom stereocenters. The van der Waals surface area contributed by atoms with Crippen LogP contribution in [0.5, 0.6) is 0 Å². The molecule has 0 saturated heterocycles. The molecule has 168 valence electrons. The molecule has 8 heteroatoms. The van der Waals surface area contributed by atoms with Crippen molar-refractivity contribution in [3.63, 3.8) is 0 Å². The van der Waals surface area contributed by atoms with Gasteiger partial charge in [0.2, 0.25) is 0 Å². The number of amides is 2. The molecule has 6 nitrogen and oxygen atoms in total. The van der Waals surface area contributed by atoms with Gasteiger partial charge in [0, 0.05) is 21.6 Å². The van der Waals surface area contributed by atoms with E-state index in [-0.39, 0.29) is 12.6 Å². The summed E-state index contributed by atoms with van der Waals surface area (Å²) in [7, 11) is 0. The molecule has 1 aromatic heterocycles. The molecule has 2 amide bonds. The topological polar surface area (TPSA) is 71.8 Å². The molecule has 4 rings (SSSR count). The highest BCUT2D eigenvalue weighted by Crippen LogP contribution is 2.26. The van der Waals surface area contributed by atoms with E-state index in [1.807, 2.05) is 53.1 Å². The minimum atomic E-state index is -0.301. The Balaban J connectivity index is 1.51. The van der Waals surface area contributed by atoms with Crippen LogP contribution in [0.3, 0.4) is 0 Å². The predicted molar refractivity (Wildman–Crippen MR) is 137 cm³/mol. The molecule has 0 spiro atoms. The average molecular weight is 522 g/mol. The second kappa shape index (κ2) is 10.7. The lowest BCUT2D eigenvalue weighted by molar-refractivity contribution is 0.251. The number of carbonyl (C=O) groups is 1. The smallest absolute Gasteiger partial charge is 0.319 e. The van der Waals surface area contributed by atoms with Crippen LogP contribution in [-0.4, -0.2) is 20.8 Å². The number of urea groups is 1. The van der Waals surface area contributed by atoms with Crippen molar-refractivity contribution in [3.05, 3.63) is 99.8 Å². The Morgan fingerprint density at radius 1 is 0.970 bits per heavy atom. The third-order valence-electron chi connectivity index (χ3n) is 5.12. The van der Waals surface area contributed by atoms with E-state index in [9.17, 15) is 4.79 Å². The lowest BCUT2D eigenvalue weighted by Crippen LogP contribution is -2.29. The summed E-state index contributed by atoms with van der Waals surface area (Å²) in [5, 5.41) is 15.3. The van der Waals surface area contributed by atoms with Crippen molar-refractivity contribution >= 4 is 39.4 Å². The summed E-state index contributed by atoms with van der Waals surface area (Å²) in [4.78, 5) is 12.4. The molecule has 3 aromatic carbocycles. The first-order valence-corrected chi connectivity index (χ1v) is 12.3. The van der Waals surface area contributed by atoms with Gasteiger partial charge in [-0.2, -0.15) is 0 Å². The molecule has 2 N–H and O–H groups in total. The number of anilines is 1. The Labute approximate surface area is 206 Å². The number of nitrogens with one attached hydrogen (secondary N) is 2. The lowest BCUT2D eigenvalue weighted by atomic mass is 10.1. The maximum atomic E-state index is 12.4. The van der Waals surface area contributed by atoms with E-state index >= 15 is 0 Å². The summed E-state index contributed by atoms with van der Waals surface area (Å²) in [5.74, 6) is 1.45. The molecule has 0 fully saturated rings. The molecule has 0 aliphatic carbocycles. The van der Waals surface area contributed by atoms with Gasteiger partial charge >= 0.3 is 6.03 Å². The highest BCUT2D eigenvalue weighted by Gasteiger charge is 2.16. The third kappa shape index (κ3) is 6.03. The number of aromatic nitrogens is 3. The van der Waals surface area contributed by atoms with Gasteiger partial charge in [-0.15, -0.1) is 10.2 Å². The van der Waals surface area contributed by atoms with Crippen molar-refractivity contribution in [3.8, 4) is 5.69 Å². The van der Waals surface area contributed by atoms with Crippen LogP contribution in [0.4, 0.5) is 10.5 Å². The number of nitrogens with zero attached hydrogens (tertiary/aromatic N) is 3. The lowest BCUT2D eigenvalue weighted by Gasteiger charge is -2.12. The van der Waals surface area contributed by atoms with Gasteiger partial charge in [-0.25, -0.2) is 4.79 Å². The summed E-state index contributed by atoms with van der Waals surface area (Å²) < 4.78 is 2.96. The Morgan fingerprint density at radius 3 is 2.42 bits per heavy atom. The number of benzene rings is 3. The van der Waals surface area contributed by atoms with E-state index in [0.29, 0.717) is 11.5 Å². The fourth-order valence-corrected chi connectivity index (χ4v) is 4.55. The highest BCUT2D eigenvalue weighted by molar-refractivity contribution is 9.10. The van der Waals surface area contributed by atoms with Crippen molar-refractivity contribution in [1.29, 1.82) is 0 Å². The SMILES string of the molecule is Cc1ccc(-n2c(CNC(=O)Nc3ccc(Br)cc3)nnc2SCc2ccccc2C)cc1. The standard InChI is InChI=1S/C25H24BrN5OS/c1-17-7-13-22(14-8-17)31-23(15-27-24(32)28-21-11-9-20(26)10-12-21)29-30-25(31)33-16-19-6-4-3-5-18(19)2/h3-14H,15-16H2,1-2H3,(H2,27,28,32). The van der Waals surface area contributed by atoms with E-state index in [1.165, 1.54) is 16.7 Å². The first kappa shape index (κ1) is 23.1. The second-order valence-corrected chi connectivity index (χ2v) is 9.46. The number of thioether (sulfide) groups is 1. The summed E-state index contributed by atoms with van der Waals surface area (Å²) in [6.45, 7) is 4.41. The van der Waals surface area contributed by atoms with Crippen molar-refractivity contribution in [2.75, 3.05) is 5.32 Å². The zero-order valence-corrected chi connectivity index (χ0v) is 20.8. The van der Waals surface area contributed by atoms with E-state index in [4.69, 9.17) is 0 Å². The Morgan fingerprint density at radius 2 is 1.70 bits per heavy atom. The van der Waals surface area contributed by atoms with E-state index in [1.54, 1.807) is 11.8 Å². The minimum absolute atomic E-state index is 0.244. The van der Waals surface area contributed by atoms with Crippen molar-refractivity contribution in [2.45, 2.75) is 31.3 Å². The molecule has 0 aliphatic rings. The van der Waals surface area contributed by atoms with Crippen LogP contribution in [0.1, 0.15) is 22.5 Å². The number of halogens is 1. The summed E-state index contributed by atoms with van der Waals surface area (Å²) in [6.07, 6.45) is 0. The van der Waals surface area contributed by atoms with Crippen molar-refractivity contribution in [1.82, 2.24) is 20.1 Å². The van der Waals surface area contributed by atoms with Gasteiger partial charge in [-0.3, -0.25) is 4.57 Å². The Kier molecular flexibility index (Phi) is 7.47. The van der Waals surface area contributed by atoms with Crippen LogP contribution >= 0.6 is 27.7 Å². The zero-order chi connectivity index (χ0) is 23.2. The van der Waals surface area contributed by atoms with E-state index in [2.05, 4.69) is 74.9 Å². The van der Waals surface area contributed by atoms with Gasteiger partial charge in [0.25, 0.3) is 0 Å². The molecule has 0 bridgehead atoms. The van der Waals surface area contributed by atoms with Crippen LogP contribution < -0.4 is 10.6 Å². The molecule has 4 aromatic rings. The largest absolute Gasteiger partial charge is 0.331 e. The van der Waals surface area contributed by atoms with Gasteiger partial charge in [0.1, 0.15) is 0 Å². The maximum Gasteiger partial charge on any atom is 0.319 e. The molecule has 0 aliphatic heterocycles. The fourth-order valence-electron chi connectivity index (χ4n) is 3.24. The van der Waals surface area contributed by atoms with Crippen LogP contribution in [0, 0.1) is 13.8 Å². The van der Waals surface area contributed by atoms with Gasteiger partial charge in [0.15, 0.2) is 11.0 Å². The van der Waals surface area contributed by atoms with Crippen molar-refractivity contribution in [2.24, 2.45) is 0 Å². The number of hydrogen-bond acceptors (Lipinski definition) is 4. The van der Waals surface area contributed by atoms with E-state index < -0.39 is 0 Å². The number of aryl methyl sites for hydroxylation is 2.